The zero-order chi connectivity index (χ0) is 15.5. The van der Waals surface area contributed by atoms with E-state index in [-0.39, 0.29) is 0 Å². The number of hydrogen-bond donors (Lipinski definition) is 1. The van der Waals surface area contributed by atoms with E-state index in [0.29, 0.717) is 6.54 Å². The number of nitrogens with two attached hydrogens (primary N) is 1. The van der Waals surface area contributed by atoms with Crippen LogP contribution in [0.3, 0.4) is 0 Å². The van der Waals surface area contributed by atoms with Gasteiger partial charge in [0.25, 0.3) is 0 Å². The molecule has 0 aliphatic carbocycles. The van der Waals surface area contributed by atoms with Crippen LogP contribution in [0.5, 0.6) is 5.75 Å². The first kappa shape index (κ1) is 18.0. The Balaban J connectivity index is 2.33. The molecule has 0 fully saturated rings. The molecule has 120 valence electrons. The molecule has 0 atom stereocenters. The summed E-state index contributed by atoms with van der Waals surface area (Å²) in [5.74, 6) is 1.76. The maximum absolute atomic E-state index is 5.85. The predicted octanol–water partition coefficient (Wildman–Crippen LogP) is 3.32. The van der Waals surface area contributed by atoms with E-state index in [4.69, 9.17) is 10.5 Å². The number of ether oxygens (including phenoxy) is 1. The quantitative estimate of drug-likeness (QED) is 0.680. The minimum Gasteiger partial charge on any atom is -0.492 e. The van der Waals surface area contributed by atoms with Gasteiger partial charge in [-0.3, -0.25) is 4.90 Å². The van der Waals surface area contributed by atoms with Crippen LogP contribution in [0.2, 0.25) is 0 Å². The van der Waals surface area contributed by atoms with Crippen molar-refractivity contribution >= 4 is 0 Å². The zero-order valence-corrected chi connectivity index (χ0v) is 14.0. The van der Waals surface area contributed by atoms with E-state index in [0.717, 1.165) is 37.8 Å². The molecule has 1 rings (SSSR count). The smallest absolute Gasteiger partial charge is 0.119 e. The van der Waals surface area contributed by atoms with Crippen LogP contribution < -0.4 is 10.5 Å². The van der Waals surface area contributed by atoms with Crippen molar-refractivity contribution in [3.63, 3.8) is 0 Å². The average molecular weight is 292 g/mol. The summed E-state index contributed by atoms with van der Waals surface area (Å²) >= 11 is 0. The Morgan fingerprint density at radius 3 is 2.29 bits per heavy atom. The molecule has 0 bridgehead atoms. The second kappa shape index (κ2) is 10.6. The van der Waals surface area contributed by atoms with Crippen molar-refractivity contribution in [2.24, 2.45) is 11.7 Å². The van der Waals surface area contributed by atoms with Gasteiger partial charge in [-0.05, 0) is 43.1 Å². The van der Waals surface area contributed by atoms with Gasteiger partial charge in [-0.2, -0.15) is 0 Å². The highest BCUT2D eigenvalue weighted by atomic mass is 16.5. The molecule has 0 saturated carbocycles. The number of likely N-dealkylation sites (N-methyl/N-ethyl adjacent to an activating group) is 1. The molecule has 0 radical (unpaired) electrons. The Labute approximate surface area is 130 Å². The molecule has 0 aliphatic heterocycles. The molecule has 0 saturated heterocycles. The third-order valence-corrected chi connectivity index (χ3v) is 4.15. The lowest BCUT2D eigenvalue weighted by Gasteiger charge is -2.25. The first-order valence-corrected chi connectivity index (χ1v) is 8.37. The highest BCUT2D eigenvalue weighted by Crippen LogP contribution is 2.13. The zero-order valence-electron chi connectivity index (χ0n) is 14.0. The van der Waals surface area contributed by atoms with Gasteiger partial charge < -0.3 is 10.5 Å². The van der Waals surface area contributed by atoms with Crippen LogP contribution in [-0.4, -0.2) is 37.7 Å². The van der Waals surface area contributed by atoms with Crippen molar-refractivity contribution in [2.45, 2.75) is 40.0 Å². The summed E-state index contributed by atoms with van der Waals surface area (Å²) in [7, 11) is 0. The van der Waals surface area contributed by atoms with Gasteiger partial charge in [-0.1, -0.05) is 45.7 Å². The van der Waals surface area contributed by atoms with Gasteiger partial charge in [0.2, 0.25) is 0 Å². The summed E-state index contributed by atoms with van der Waals surface area (Å²) in [6.45, 7) is 11.5. The van der Waals surface area contributed by atoms with E-state index in [1.807, 2.05) is 12.1 Å². The van der Waals surface area contributed by atoms with Gasteiger partial charge in [-0.15, -0.1) is 0 Å². The summed E-state index contributed by atoms with van der Waals surface area (Å²) in [5.41, 5.74) is 6.83. The first-order chi connectivity index (χ1) is 10.2. The Bertz CT molecular complexity index is 360. The largest absolute Gasteiger partial charge is 0.492 e. The second-order valence-corrected chi connectivity index (χ2v) is 5.61. The maximum atomic E-state index is 5.85. The minimum absolute atomic E-state index is 0.696. The van der Waals surface area contributed by atoms with Crippen LogP contribution in [0.15, 0.2) is 24.3 Å². The Kier molecular flexibility index (Phi) is 9.11. The fraction of sp³-hybridized carbons (Fsp3) is 0.667. The molecule has 0 spiro atoms. The lowest BCUT2D eigenvalue weighted by molar-refractivity contribution is 0.188. The van der Waals surface area contributed by atoms with Crippen molar-refractivity contribution in [3.8, 4) is 5.75 Å². The summed E-state index contributed by atoms with van der Waals surface area (Å²) in [5, 5.41) is 0. The number of rotatable bonds is 11. The van der Waals surface area contributed by atoms with Crippen LogP contribution >= 0.6 is 0 Å². The Hall–Kier alpha value is -1.06. The molecular weight excluding hydrogens is 260 g/mol. The lowest BCUT2D eigenvalue weighted by atomic mass is 10.0. The van der Waals surface area contributed by atoms with Crippen LogP contribution in [-0.2, 0) is 6.42 Å². The fourth-order valence-corrected chi connectivity index (χ4v) is 2.50. The van der Waals surface area contributed by atoms with E-state index in [9.17, 15) is 0 Å². The van der Waals surface area contributed by atoms with Gasteiger partial charge in [0.1, 0.15) is 12.4 Å². The SMILES string of the molecule is CCC(CC)CN(CC)CCOc1ccc(CCN)cc1. The standard InChI is InChI=1S/C18H32N2O/c1-4-16(5-2)15-20(6-3)13-14-21-18-9-7-17(8-10-18)11-12-19/h7-10,16H,4-6,11-15,19H2,1-3H3. The highest BCUT2D eigenvalue weighted by molar-refractivity contribution is 5.27. The van der Waals surface area contributed by atoms with Crippen LogP contribution in [0.25, 0.3) is 0 Å². The molecule has 1 aromatic carbocycles. The molecule has 1 aromatic rings. The number of nitrogens with zero attached hydrogens (tertiary/aromatic N) is 1. The van der Waals surface area contributed by atoms with Gasteiger partial charge >= 0.3 is 0 Å². The normalized spacial score (nSPS) is 11.3. The van der Waals surface area contributed by atoms with Gasteiger partial charge in [0.15, 0.2) is 0 Å². The van der Waals surface area contributed by atoms with Crippen molar-refractivity contribution < 1.29 is 4.74 Å². The molecule has 0 aliphatic rings. The summed E-state index contributed by atoms with van der Waals surface area (Å²) < 4.78 is 5.85. The third-order valence-electron chi connectivity index (χ3n) is 4.15. The maximum Gasteiger partial charge on any atom is 0.119 e. The first-order valence-electron chi connectivity index (χ1n) is 8.37. The molecule has 2 N–H and O–H groups in total. The van der Waals surface area contributed by atoms with E-state index >= 15 is 0 Å². The molecule has 3 heteroatoms. The van der Waals surface area contributed by atoms with Crippen molar-refractivity contribution in [1.29, 1.82) is 0 Å². The van der Waals surface area contributed by atoms with Gasteiger partial charge in [0, 0.05) is 13.1 Å². The minimum atomic E-state index is 0.696. The van der Waals surface area contributed by atoms with Gasteiger partial charge in [-0.25, -0.2) is 0 Å². The number of hydrogen-bond acceptors (Lipinski definition) is 3. The molecular formula is C18H32N2O. The van der Waals surface area contributed by atoms with Crippen LogP contribution in [0.1, 0.15) is 39.2 Å². The summed E-state index contributed by atoms with van der Waals surface area (Å²) in [6, 6.07) is 8.29. The van der Waals surface area contributed by atoms with Crippen molar-refractivity contribution in [1.82, 2.24) is 4.90 Å². The molecule has 0 aromatic heterocycles. The van der Waals surface area contributed by atoms with E-state index < -0.39 is 0 Å². The van der Waals surface area contributed by atoms with Crippen LogP contribution in [0, 0.1) is 5.92 Å². The fourth-order valence-electron chi connectivity index (χ4n) is 2.50. The molecule has 3 nitrogen and oxygen atoms in total. The van der Waals surface area contributed by atoms with Crippen molar-refractivity contribution in [2.75, 3.05) is 32.8 Å². The van der Waals surface area contributed by atoms with E-state index in [1.54, 1.807) is 0 Å². The topological polar surface area (TPSA) is 38.5 Å². The Morgan fingerprint density at radius 2 is 1.76 bits per heavy atom. The van der Waals surface area contributed by atoms with E-state index in [2.05, 4.69) is 37.8 Å². The van der Waals surface area contributed by atoms with Crippen LogP contribution in [0.4, 0.5) is 0 Å². The van der Waals surface area contributed by atoms with Gasteiger partial charge in [0.05, 0.1) is 0 Å². The van der Waals surface area contributed by atoms with Crippen molar-refractivity contribution in [3.05, 3.63) is 29.8 Å². The number of benzene rings is 1. The molecule has 21 heavy (non-hydrogen) atoms. The third kappa shape index (κ3) is 6.96. The molecule has 0 amide bonds. The average Bonchev–Trinajstić information content (AvgIpc) is 2.52. The second-order valence-electron chi connectivity index (χ2n) is 5.61. The van der Waals surface area contributed by atoms with E-state index in [1.165, 1.54) is 24.9 Å². The predicted molar refractivity (Wildman–Crippen MR) is 90.9 cm³/mol. The summed E-state index contributed by atoms with van der Waals surface area (Å²) in [6.07, 6.45) is 3.45. The molecule has 0 unspecified atom stereocenters. The Morgan fingerprint density at radius 1 is 1.10 bits per heavy atom. The summed E-state index contributed by atoms with van der Waals surface area (Å²) in [4.78, 5) is 2.49. The monoisotopic (exact) mass is 292 g/mol. The lowest BCUT2D eigenvalue weighted by Crippen LogP contribution is -2.32. The molecule has 0 heterocycles. The highest BCUT2D eigenvalue weighted by Gasteiger charge is 2.09.